The molecule has 0 aliphatic rings. The molecule has 0 aromatic heterocycles. The van der Waals surface area contributed by atoms with Crippen molar-refractivity contribution in [2.24, 2.45) is 11.5 Å². The molecule has 190 valence electrons. The van der Waals surface area contributed by atoms with Crippen LogP contribution in [0.4, 0.5) is 16.2 Å². The van der Waals surface area contributed by atoms with Crippen molar-refractivity contribution in [2.75, 3.05) is 31.3 Å². The van der Waals surface area contributed by atoms with Crippen LogP contribution >= 0.6 is 0 Å². The Hall–Kier alpha value is -4.21. The van der Waals surface area contributed by atoms with Gasteiger partial charge < -0.3 is 36.9 Å². The summed E-state index contributed by atoms with van der Waals surface area (Å²) in [6.07, 6.45) is 1.47. The predicted molar refractivity (Wildman–Crippen MR) is 142 cm³/mol. The van der Waals surface area contributed by atoms with E-state index in [-0.39, 0.29) is 6.03 Å². The lowest BCUT2D eigenvalue weighted by Gasteiger charge is -2.19. The Bertz CT molecular complexity index is 1150. The number of carbonyl (C=O) groups is 3. The van der Waals surface area contributed by atoms with Crippen molar-refractivity contribution in [1.82, 2.24) is 4.90 Å². The Balaban J connectivity index is 0.00000222. The molecule has 7 N–H and O–H groups in total. The van der Waals surface area contributed by atoms with Crippen molar-refractivity contribution < 1.29 is 19.5 Å². The molecule has 0 spiro atoms. The number of carbonyl (C=O) groups excluding carboxylic acids is 3. The van der Waals surface area contributed by atoms with Crippen LogP contribution in [-0.2, 0) is 17.8 Å². The van der Waals surface area contributed by atoms with E-state index in [2.05, 4.69) is 10.6 Å². The van der Waals surface area contributed by atoms with Gasteiger partial charge in [-0.1, -0.05) is 42.5 Å². The number of hydrogen-bond acceptors (Lipinski definition) is 6. The molecule has 3 aromatic rings. The van der Waals surface area contributed by atoms with Gasteiger partial charge in [-0.15, -0.1) is 0 Å². The van der Waals surface area contributed by atoms with Gasteiger partial charge in [0.25, 0.3) is 0 Å². The van der Waals surface area contributed by atoms with Crippen molar-refractivity contribution in [3.05, 3.63) is 95.1 Å². The topological polar surface area (TPSA) is 151 Å². The normalized spacial score (nSPS) is 10.9. The average molecular weight is 492 g/mol. The van der Waals surface area contributed by atoms with Gasteiger partial charge in [0.05, 0.1) is 0 Å². The predicted octanol–water partition coefficient (Wildman–Crippen LogP) is 2.91. The van der Waals surface area contributed by atoms with Gasteiger partial charge in [0, 0.05) is 44.2 Å². The maximum absolute atomic E-state index is 12.5. The Kier molecular flexibility index (Phi) is 11.1. The summed E-state index contributed by atoms with van der Waals surface area (Å²) in [5, 5.41) is 13.0. The van der Waals surface area contributed by atoms with Crippen molar-refractivity contribution >= 4 is 29.6 Å². The van der Waals surface area contributed by atoms with Gasteiger partial charge >= 0.3 is 6.03 Å². The lowest BCUT2D eigenvalue weighted by molar-refractivity contribution is -0.108. The summed E-state index contributed by atoms with van der Waals surface area (Å²) < 4.78 is 0. The van der Waals surface area contributed by atoms with E-state index in [0.717, 1.165) is 30.1 Å². The fourth-order valence-corrected chi connectivity index (χ4v) is 3.42. The monoisotopic (exact) mass is 491 g/mol. The zero-order chi connectivity index (χ0) is 26.5. The van der Waals surface area contributed by atoms with Crippen LogP contribution in [0.25, 0.3) is 0 Å². The highest BCUT2D eigenvalue weighted by atomic mass is 16.2. The average Bonchev–Trinajstić information content (AvgIpc) is 2.92. The van der Waals surface area contributed by atoms with Gasteiger partial charge in [-0.25, -0.2) is 4.79 Å². The number of aldehydes is 1. The molecule has 1 unspecified atom stereocenters. The largest absolute Gasteiger partial charge is 0.400 e. The summed E-state index contributed by atoms with van der Waals surface area (Å²) in [7, 11) is 2.74. The molecule has 0 aliphatic carbocycles. The Morgan fingerprint density at radius 3 is 2.28 bits per heavy atom. The molecule has 0 aliphatic heterocycles. The Morgan fingerprint density at radius 2 is 1.64 bits per heavy atom. The van der Waals surface area contributed by atoms with E-state index in [4.69, 9.17) is 16.6 Å². The number of nitrogens with one attached hydrogen (secondary N) is 2. The second-order valence-electron chi connectivity index (χ2n) is 7.95. The molecule has 1 atom stereocenters. The fourth-order valence-electron chi connectivity index (χ4n) is 3.42. The van der Waals surface area contributed by atoms with Crippen LogP contribution in [0.15, 0.2) is 72.8 Å². The summed E-state index contributed by atoms with van der Waals surface area (Å²) >= 11 is 0. The summed E-state index contributed by atoms with van der Waals surface area (Å²) in [4.78, 5) is 37.1. The molecule has 3 aromatic carbocycles. The lowest BCUT2D eigenvalue weighted by atomic mass is 10.0. The van der Waals surface area contributed by atoms with Gasteiger partial charge in [-0.2, -0.15) is 0 Å². The van der Waals surface area contributed by atoms with E-state index in [0.29, 0.717) is 36.4 Å². The van der Waals surface area contributed by atoms with E-state index in [1.807, 2.05) is 48.5 Å². The Labute approximate surface area is 211 Å². The van der Waals surface area contributed by atoms with E-state index in [1.165, 1.54) is 0 Å². The number of aliphatic hydroxyl groups excluding tert-OH is 1. The summed E-state index contributed by atoms with van der Waals surface area (Å²) in [6.45, 7) is 0.937. The minimum Gasteiger partial charge on any atom is -0.400 e. The number of likely N-dealkylation sites (N-methyl/N-ethyl adjacent to an activating group) is 1. The number of nitrogens with zero attached hydrogens (tertiary/aromatic N) is 1. The number of primary amides is 1. The van der Waals surface area contributed by atoms with E-state index in [1.54, 1.807) is 36.2 Å². The first kappa shape index (κ1) is 28.0. The smallest absolute Gasteiger partial charge is 0.321 e. The van der Waals surface area contributed by atoms with Crippen LogP contribution in [0.3, 0.4) is 0 Å². The van der Waals surface area contributed by atoms with E-state index in [9.17, 15) is 14.4 Å². The third-order valence-corrected chi connectivity index (χ3v) is 5.44. The minimum absolute atomic E-state index is 0.200. The molecule has 9 nitrogen and oxygen atoms in total. The molecular formula is C27H33N5O4. The molecule has 3 amide bonds. The molecule has 3 rings (SSSR count). The number of aliphatic hydroxyl groups is 1. The molecule has 9 heteroatoms. The van der Waals surface area contributed by atoms with Gasteiger partial charge in [0.1, 0.15) is 12.3 Å². The summed E-state index contributed by atoms with van der Waals surface area (Å²) in [6, 6.07) is 21.0. The van der Waals surface area contributed by atoms with Crippen molar-refractivity contribution in [2.45, 2.75) is 19.0 Å². The molecule has 0 fully saturated rings. The molecule has 0 radical (unpaired) electrons. The van der Waals surface area contributed by atoms with Gasteiger partial charge in [0.15, 0.2) is 0 Å². The molecule has 0 saturated carbocycles. The third-order valence-electron chi connectivity index (χ3n) is 5.44. The van der Waals surface area contributed by atoms with Crippen molar-refractivity contribution in [1.29, 1.82) is 0 Å². The second kappa shape index (κ2) is 14.2. The number of urea groups is 1. The van der Waals surface area contributed by atoms with Crippen molar-refractivity contribution in [3.63, 3.8) is 0 Å². The molecule has 36 heavy (non-hydrogen) atoms. The van der Waals surface area contributed by atoms with Crippen LogP contribution in [0.5, 0.6) is 0 Å². The summed E-state index contributed by atoms with van der Waals surface area (Å²) in [5.74, 6) is -0.529. The lowest BCUT2D eigenvalue weighted by Crippen LogP contribution is -2.33. The molecule has 0 heterocycles. The number of amides is 3. The highest BCUT2D eigenvalue weighted by molar-refractivity contribution is 5.93. The maximum Gasteiger partial charge on any atom is 0.321 e. The maximum atomic E-state index is 12.5. The Morgan fingerprint density at radius 1 is 0.972 bits per heavy atom. The zero-order valence-electron chi connectivity index (χ0n) is 20.5. The van der Waals surface area contributed by atoms with Gasteiger partial charge in [-0.05, 0) is 53.4 Å². The van der Waals surface area contributed by atoms with Crippen LogP contribution < -0.4 is 22.1 Å². The molecule has 0 saturated heterocycles. The zero-order valence-corrected chi connectivity index (χ0v) is 20.5. The first-order valence-electron chi connectivity index (χ1n) is 11.4. The minimum atomic E-state index is -0.574. The quantitative estimate of drug-likeness (QED) is 0.275. The number of anilines is 2. The van der Waals surface area contributed by atoms with E-state index < -0.39 is 11.9 Å². The summed E-state index contributed by atoms with van der Waals surface area (Å²) in [5.41, 5.74) is 15.4. The number of rotatable bonds is 10. The molecule has 0 bridgehead atoms. The van der Waals surface area contributed by atoms with Crippen molar-refractivity contribution in [3.8, 4) is 0 Å². The highest BCUT2D eigenvalue weighted by Gasteiger charge is 2.13. The standard InChI is InChI=1S/C26H29N5O3.CH4O/c1-31(26(34)30-22-6-2-4-19(14-22)16-27)13-12-18-8-10-20(11-9-18)24(17-32)29-23-7-3-5-21(15-23)25(28)33;1-2/h2-11,14-15,17,24,29H,12-13,16,27H2,1H3,(H2,28,33)(H,30,34);2H,1H3. The fraction of sp³-hybridized carbons (Fsp3) is 0.222. The van der Waals surface area contributed by atoms with Gasteiger partial charge in [0.2, 0.25) is 5.91 Å². The molecular weight excluding hydrogens is 458 g/mol. The SMILES string of the molecule is CN(CCc1ccc(C(C=O)Nc2cccc(C(N)=O)c2)cc1)C(=O)Nc1cccc(CN)c1.CO. The van der Waals surface area contributed by atoms with Crippen LogP contribution in [0.2, 0.25) is 0 Å². The highest BCUT2D eigenvalue weighted by Crippen LogP contribution is 2.20. The first-order chi connectivity index (χ1) is 17.4. The first-order valence-corrected chi connectivity index (χ1v) is 11.4. The number of benzene rings is 3. The van der Waals surface area contributed by atoms with Crippen LogP contribution in [0, 0.1) is 0 Å². The number of nitrogens with two attached hydrogens (primary N) is 2. The third kappa shape index (κ3) is 8.23. The number of hydrogen-bond donors (Lipinski definition) is 5. The second-order valence-corrected chi connectivity index (χ2v) is 7.95. The van der Waals surface area contributed by atoms with E-state index >= 15 is 0 Å². The van der Waals surface area contributed by atoms with Crippen LogP contribution in [0.1, 0.15) is 33.1 Å². The van der Waals surface area contributed by atoms with Crippen LogP contribution in [-0.4, -0.2) is 48.9 Å². The van der Waals surface area contributed by atoms with Gasteiger partial charge in [-0.3, -0.25) is 4.79 Å².